The van der Waals surface area contributed by atoms with E-state index in [1.165, 1.54) is 0 Å². The second kappa shape index (κ2) is 7.87. The van der Waals surface area contributed by atoms with Crippen molar-refractivity contribution in [2.24, 2.45) is 5.41 Å². The molecule has 6 heteroatoms. The van der Waals surface area contributed by atoms with Gasteiger partial charge in [0, 0.05) is 18.8 Å². The van der Waals surface area contributed by atoms with E-state index in [1.54, 1.807) is 0 Å². The number of carbonyl (C=O) groups is 2. The molecule has 2 N–H and O–H groups in total. The van der Waals surface area contributed by atoms with Crippen molar-refractivity contribution in [1.29, 1.82) is 0 Å². The first-order valence-electron chi connectivity index (χ1n) is 10.1. The van der Waals surface area contributed by atoms with Gasteiger partial charge in [0.1, 0.15) is 5.41 Å². The van der Waals surface area contributed by atoms with Crippen molar-refractivity contribution in [3.63, 3.8) is 0 Å². The van der Waals surface area contributed by atoms with E-state index in [9.17, 15) is 9.59 Å². The number of ether oxygens (including phenoxy) is 1. The van der Waals surface area contributed by atoms with Gasteiger partial charge in [-0.2, -0.15) is 0 Å². The molecular formula is C23H27N3O3. The molecule has 0 bridgehead atoms. The number of rotatable bonds is 5. The number of carbonyl (C=O) groups excluding carboxylic acids is 2. The minimum absolute atomic E-state index is 0.229. The predicted octanol–water partition coefficient (Wildman–Crippen LogP) is 3.50. The molecule has 6 nitrogen and oxygen atoms in total. The number of para-hydroxylation sites is 2. The fourth-order valence-electron chi connectivity index (χ4n) is 3.71. The molecule has 1 saturated carbocycles. The smallest absolute Gasteiger partial charge is 0.240 e. The Labute approximate surface area is 171 Å². The van der Waals surface area contributed by atoms with Gasteiger partial charge in [-0.05, 0) is 56.0 Å². The van der Waals surface area contributed by atoms with E-state index in [0.29, 0.717) is 26.1 Å². The maximum absolute atomic E-state index is 13.1. The van der Waals surface area contributed by atoms with Crippen LogP contribution < -0.4 is 15.5 Å². The topological polar surface area (TPSA) is 70.7 Å². The van der Waals surface area contributed by atoms with Crippen molar-refractivity contribution >= 4 is 28.9 Å². The highest BCUT2D eigenvalue weighted by atomic mass is 16.5. The molecule has 1 aliphatic carbocycles. The first-order chi connectivity index (χ1) is 14.0. The Hall–Kier alpha value is -2.86. The highest BCUT2D eigenvalue weighted by molar-refractivity contribution is 6.17. The summed E-state index contributed by atoms with van der Waals surface area (Å²) in [6.45, 7) is 6.89. The van der Waals surface area contributed by atoms with E-state index in [1.807, 2.05) is 56.3 Å². The van der Waals surface area contributed by atoms with Gasteiger partial charge in [-0.3, -0.25) is 9.59 Å². The zero-order chi connectivity index (χ0) is 20.4. The largest absolute Gasteiger partial charge is 0.378 e. The number of hydrogen-bond donors (Lipinski definition) is 2. The van der Waals surface area contributed by atoms with Crippen molar-refractivity contribution in [2.45, 2.75) is 26.7 Å². The van der Waals surface area contributed by atoms with Crippen LogP contribution in [0.1, 0.15) is 24.0 Å². The molecular weight excluding hydrogens is 366 g/mol. The highest BCUT2D eigenvalue weighted by Gasteiger charge is 2.56. The molecule has 2 aromatic rings. The number of anilines is 3. The molecule has 0 spiro atoms. The summed E-state index contributed by atoms with van der Waals surface area (Å²) in [4.78, 5) is 28.3. The van der Waals surface area contributed by atoms with Crippen LogP contribution in [-0.4, -0.2) is 38.1 Å². The number of nitrogens with zero attached hydrogens (tertiary/aromatic N) is 1. The minimum Gasteiger partial charge on any atom is -0.378 e. The summed E-state index contributed by atoms with van der Waals surface area (Å²) in [6.07, 6.45) is 1.13. The van der Waals surface area contributed by atoms with Crippen LogP contribution in [-0.2, 0) is 14.3 Å². The van der Waals surface area contributed by atoms with Crippen LogP contribution in [0.15, 0.2) is 42.5 Å². The van der Waals surface area contributed by atoms with Gasteiger partial charge in [0.15, 0.2) is 0 Å². The monoisotopic (exact) mass is 393 g/mol. The minimum atomic E-state index is -0.992. The van der Waals surface area contributed by atoms with E-state index in [0.717, 1.165) is 41.3 Å². The van der Waals surface area contributed by atoms with Crippen molar-refractivity contribution < 1.29 is 14.3 Å². The number of amides is 2. The molecule has 0 radical (unpaired) electrons. The van der Waals surface area contributed by atoms with Gasteiger partial charge in [0.25, 0.3) is 0 Å². The summed E-state index contributed by atoms with van der Waals surface area (Å²) in [5.74, 6) is -0.464. The zero-order valence-corrected chi connectivity index (χ0v) is 17.0. The van der Waals surface area contributed by atoms with Crippen LogP contribution in [0.2, 0.25) is 0 Å². The summed E-state index contributed by atoms with van der Waals surface area (Å²) in [6, 6.07) is 13.5. The molecule has 2 fully saturated rings. The lowest BCUT2D eigenvalue weighted by atomic mass is 10.0. The molecule has 2 aromatic carbocycles. The Balaban J connectivity index is 1.50. The van der Waals surface area contributed by atoms with Crippen molar-refractivity contribution in [3.05, 3.63) is 53.6 Å². The molecule has 4 rings (SSSR count). The first-order valence-corrected chi connectivity index (χ1v) is 10.1. The Morgan fingerprint density at radius 1 is 0.897 bits per heavy atom. The summed E-state index contributed by atoms with van der Waals surface area (Å²) < 4.78 is 5.43. The lowest BCUT2D eigenvalue weighted by Crippen LogP contribution is -2.38. The van der Waals surface area contributed by atoms with Gasteiger partial charge in [-0.1, -0.05) is 24.3 Å². The molecule has 0 atom stereocenters. The summed E-state index contributed by atoms with van der Waals surface area (Å²) >= 11 is 0. The maximum Gasteiger partial charge on any atom is 0.240 e. The molecule has 2 aliphatic rings. The summed E-state index contributed by atoms with van der Waals surface area (Å²) in [7, 11) is 0. The fourth-order valence-corrected chi connectivity index (χ4v) is 3.71. The lowest BCUT2D eigenvalue weighted by molar-refractivity contribution is -0.131. The number of benzene rings is 2. The van der Waals surface area contributed by atoms with Crippen LogP contribution in [0.25, 0.3) is 0 Å². The van der Waals surface area contributed by atoms with E-state index in [-0.39, 0.29) is 11.8 Å². The maximum atomic E-state index is 13.1. The first kappa shape index (κ1) is 19.5. The summed E-state index contributed by atoms with van der Waals surface area (Å²) in [5.41, 5.74) is 3.61. The molecule has 0 unspecified atom stereocenters. The lowest BCUT2D eigenvalue weighted by Gasteiger charge is -2.30. The van der Waals surface area contributed by atoms with Crippen LogP contribution in [0, 0.1) is 19.3 Å². The van der Waals surface area contributed by atoms with Crippen LogP contribution in [0.5, 0.6) is 0 Å². The van der Waals surface area contributed by atoms with Crippen molar-refractivity contribution in [2.75, 3.05) is 41.8 Å². The molecule has 152 valence electrons. The number of nitrogens with one attached hydrogen (secondary N) is 2. The van der Waals surface area contributed by atoms with Gasteiger partial charge >= 0.3 is 0 Å². The average molecular weight is 393 g/mol. The van der Waals surface area contributed by atoms with Crippen molar-refractivity contribution in [1.82, 2.24) is 0 Å². The molecule has 1 aliphatic heterocycles. The molecule has 29 heavy (non-hydrogen) atoms. The molecule has 0 aromatic heterocycles. The Morgan fingerprint density at radius 3 is 2.21 bits per heavy atom. The van der Waals surface area contributed by atoms with Crippen LogP contribution >= 0.6 is 0 Å². The van der Waals surface area contributed by atoms with E-state index in [4.69, 9.17) is 4.74 Å². The van der Waals surface area contributed by atoms with Gasteiger partial charge in [0.05, 0.1) is 24.6 Å². The van der Waals surface area contributed by atoms with Gasteiger partial charge < -0.3 is 20.3 Å². The van der Waals surface area contributed by atoms with Gasteiger partial charge in [-0.15, -0.1) is 0 Å². The van der Waals surface area contributed by atoms with Crippen molar-refractivity contribution in [3.8, 4) is 0 Å². The van der Waals surface area contributed by atoms with E-state index >= 15 is 0 Å². The normalized spacial score (nSPS) is 17.5. The SMILES string of the molecule is Cc1cccc(NC(=O)C2(C(=O)Nc3ccccc3N3CCOCC3)CC2)c1C. The average Bonchev–Trinajstić information content (AvgIpc) is 3.55. The number of aryl methyl sites for hydroxylation is 1. The van der Waals surface area contributed by atoms with Crippen LogP contribution in [0.3, 0.4) is 0 Å². The second-order valence-corrected chi connectivity index (χ2v) is 7.85. The Bertz CT molecular complexity index is 931. The molecule has 2 amide bonds. The standard InChI is InChI=1S/C23H27N3O3/c1-16-6-5-8-18(17(16)2)24-21(27)23(10-11-23)22(28)25-19-7-3-4-9-20(19)26-12-14-29-15-13-26/h3-9H,10-15H2,1-2H3,(H,24,27)(H,25,28). The third-order valence-corrected chi connectivity index (χ3v) is 5.98. The van der Waals surface area contributed by atoms with Gasteiger partial charge in [0.2, 0.25) is 11.8 Å². The van der Waals surface area contributed by atoms with E-state index in [2.05, 4.69) is 15.5 Å². The molecule has 1 heterocycles. The third-order valence-electron chi connectivity index (χ3n) is 5.98. The highest BCUT2D eigenvalue weighted by Crippen LogP contribution is 2.48. The van der Waals surface area contributed by atoms with Crippen LogP contribution in [0.4, 0.5) is 17.1 Å². The third kappa shape index (κ3) is 3.85. The zero-order valence-electron chi connectivity index (χ0n) is 17.0. The number of morpholine rings is 1. The predicted molar refractivity (Wildman–Crippen MR) is 114 cm³/mol. The Kier molecular flexibility index (Phi) is 5.28. The summed E-state index contributed by atoms with van der Waals surface area (Å²) in [5, 5.41) is 5.99. The van der Waals surface area contributed by atoms with Gasteiger partial charge in [-0.25, -0.2) is 0 Å². The fraction of sp³-hybridized carbons (Fsp3) is 0.391. The Morgan fingerprint density at radius 2 is 1.52 bits per heavy atom. The second-order valence-electron chi connectivity index (χ2n) is 7.85. The molecule has 1 saturated heterocycles. The van der Waals surface area contributed by atoms with E-state index < -0.39 is 5.41 Å². The number of hydrogen-bond acceptors (Lipinski definition) is 4. The quantitative estimate of drug-likeness (QED) is 0.763.